The first kappa shape index (κ1) is 10.8. The van der Waals surface area contributed by atoms with Crippen LogP contribution in [0.25, 0.3) is 0 Å². The van der Waals surface area contributed by atoms with Crippen LogP contribution in [0, 0.1) is 0 Å². The van der Waals surface area contributed by atoms with Gasteiger partial charge in [-0.15, -0.1) is 0 Å². The van der Waals surface area contributed by atoms with Crippen LogP contribution in [0.15, 0.2) is 0 Å². The minimum Gasteiger partial charge on any atom is -0.395 e. The van der Waals surface area contributed by atoms with Crippen molar-refractivity contribution in [2.75, 3.05) is 12.4 Å². The van der Waals surface area contributed by atoms with Gasteiger partial charge in [-0.25, -0.2) is 0 Å². The summed E-state index contributed by atoms with van der Waals surface area (Å²) in [6, 6.07) is 0. The standard InChI is InChI=1S/C2H6O4S.CH4/c3-1-2-7(4,5)6;/h3H,1-2H2,(H,4,5,6);1H4. The van der Waals surface area contributed by atoms with E-state index in [0.29, 0.717) is 0 Å². The topological polar surface area (TPSA) is 74.6 Å². The minimum absolute atomic E-state index is 0. The molecule has 52 valence electrons. The molecule has 0 saturated heterocycles. The highest BCUT2D eigenvalue weighted by atomic mass is 32.2. The van der Waals surface area contributed by atoms with E-state index in [1.807, 2.05) is 0 Å². The Morgan fingerprint density at radius 1 is 1.38 bits per heavy atom. The highest BCUT2D eigenvalue weighted by Gasteiger charge is 1.99. The first-order valence-electron chi connectivity index (χ1n) is 1.62. The van der Waals surface area contributed by atoms with E-state index >= 15 is 0 Å². The lowest BCUT2D eigenvalue weighted by Crippen LogP contribution is -2.06. The summed E-state index contributed by atoms with van der Waals surface area (Å²) >= 11 is 0. The van der Waals surface area contributed by atoms with Gasteiger partial charge in [-0.05, 0) is 0 Å². The molecule has 0 unspecified atom stereocenters. The predicted octanol–water partition coefficient (Wildman–Crippen LogP) is -0.497. The molecule has 0 fully saturated rings. The predicted molar refractivity (Wildman–Crippen MR) is 30.2 cm³/mol. The second kappa shape index (κ2) is 3.82. The van der Waals surface area contributed by atoms with Crippen molar-refractivity contribution < 1.29 is 18.1 Å². The summed E-state index contributed by atoms with van der Waals surface area (Å²) in [5.74, 6) is -0.576. The fourth-order valence-corrected chi connectivity index (χ4v) is 0.346. The molecule has 0 aliphatic carbocycles. The second-order valence-corrected chi connectivity index (χ2v) is 2.58. The van der Waals surface area contributed by atoms with Crippen LogP contribution in [0.4, 0.5) is 0 Å². The van der Waals surface area contributed by atoms with E-state index in [1.54, 1.807) is 0 Å². The maximum Gasteiger partial charge on any atom is 0.267 e. The van der Waals surface area contributed by atoms with Crippen molar-refractivity contribution in [1.29, 1.82) is 0 Å². The number of aliphatic hydroxyl groups is 1. The maximum atomic E-state index is 9.63. The average molecular weight is 142 g/mol. The fourth-order valence-electron chi connectivity index (χ4n) is 0.115. The zero-order valence-electron chi connectivity index (χ0n) is 3.53. The molecule has 0 aromatic carbocycles. The SMILES string of the molecule is C.O=S(=O)(O)CCO. The first-order valence-corrected chi connectivity index (χ1v) is 3.23. The summed E-state index contributed by atoms with van der Waals surface area (Å²) in [5, 5.41) is 7.86. The normalized spacial score (nSPS) is 10.2. The van der Waals surface area contributed by atoms with Gasteiger partial charge in [0.2, 0.25) is 0 Å². The van der Waals surface area contributed by atoms with E-state index in [-0.39, 0.29) is 7.43 Å². The molecule has 0 aromatic rings. The van der Waals surface area contributed by atoms with Crippen molar-refractivity contribution in [3.05, 3.63) is 0 Å². The molecule has 0 aromatic heterocycles. The zero-order chi connectivity index (χ0) is 5.91. The Morgan fingerprint density at radius 2 is 1.75 bits per heavy atom. The Bertz CT molecular complexity index is 124. The van der Waals surface area contributed by atoms with E-state index in [2.05, 4.69) is 0 Å². The van der Waals surface area contributed by atoms with Gasteiger partial charge in [-0.3, -0.25) is 4.55 Å². The average Bonchev–Trinajstić information content (AvgIpc) is 1.30. The highest BCUT2D eigenvalue weighted by molar-refractivity contribution is 7.85. The van der Waals surface area contributed by atoms with Crippen LogP contribution in [0.5, 0.6) is 0 Å². The van der Waals surface area contributed by atoms with Gasteiger partial charge in [0.1, 0.15) is 0 Å². The fraction of sp³-hybridized carbons (Fsp3) is 1.00. The van der Waals surface area contributed by atoms with E-state index in [0.717, 1.165) is 0 Å². The van der Waals surface area contributed by atoms with Crippen LogP contribution < -0.4 is 0 Å². The second-order valence-electron chi connectivity index (χ2n) is 1.01. The van der Waals surface area contributed by atoms with Crippen molar-refractivity contribution in [2.45, 2.75) is 7.43 Å². The largest absolute Gasteiger partial charge is 0.395 e. The number of hydrogen-bond acceptors (Lipinski definition) is 3. The van der Waals surface area contributed by atoms with E-state index < -0.39 is 22.5 Å². The Kier molecular flexibility index (Phi) is 5.15. The van der Waals surface area contributed by atoms with Crippen LogP contribution in [-0.4, -0.2) is 30.4 Å². The molecule has 0 heterocycles. The lowest BCUT2D eigenvalue weighted by molar-refractivity contribution is 0.315. The number of hydrogen-bond donors (Lipinski definition) is 2. The molecular formula is C3H10O4S. The van der Waals surface area contributed by atoms with Crippen molar-refractivity contribution in [3.8, 4) is 0 Å². The summed E-state index contributed by atoms with van der Waals surface area (Å²) in [6.07, 6.45) is 0. The Hall–Kier alpha value is -0.130. The summed E-state index contributed by atoms with van der Waals surface area (Å²) in [5.41, 5.74) is 0. The Balaban J connectivity index is 0. The third kappa shape index (κ3) is 9.30. The zero-order valence-corrected chi connectivity index (χ0v) is 4.35. The third-order valence-corrected chi connectivity index (χ3v) is 1.05. The molecule has 0 saturated carbocycles. The van der Waals surface area contributed by atoms with Gasteiger partial charge in [0.25, 0.3) is 10.1 Å². The summed E-state index contributed by atoms with van der Waals surface area (Å²) in [4.78, 5) is 0. The van der Waals surface area contributed by atoms with Gasteiger partial charge in [-0.2, -0.15) is 8.42 Å². The van der Waals surface area contributed by atoms with Crippen molar-refractivity contribution in [2.24, 2.45) is 0 Å². The molecule has 0 aliphatic heterocycles. The van der Waals surface area contributed by atoms with Gasteiger partial charge < -0.3 is 5.11 Å². The lowest BCUT2D eigenvalue weighted by atomic mass is 10.9. The third-order valence-electron chi connectivity index (χ3n) is 0.349. The van der Waals surface area contributed by atoms with Crippen LogP contribution in [-0.2, 0) is 10.1 Å². The van der Waals surface area contributed by atoms with E-state index in [9.17, 15) is 8.42 Å². The molecule has 0 aliphatic rings. The van der Waals surface area contributed by atoms with Gasteiger partial charge in [-0.1, -0.05) is 7.43 Å². The van der Waals surface area contributed by atoms with Gasteiger partial charge in [0.15, 0.2) is 0 Å². The molecule has 0 spiro atoms. The van der Waals surface area contributed by atoms with Gasteiger partial charge >= 0.3 is 0 Å². The summed E-state index contributed by atoms with van der Waals surface area (Å²) in [7, 11) is -3.92. The van der Waals surface area contributed by atoms with Gasteiger partial charge in [0.05, 0.1) is 12.4 Å². The monoisotopic (exact) mass is 142 g/mol. The first-order chi connectivity index (χ1) is 3.06. The van der Waals surface area contributed by atoms with Crippen molar-refractivity contribution in [3.63, 3.8) is 0 Å². The van der Waals surface area contributed by atoms with Crippen molar-refractivity contribution >= 4 is 10.1 Å². The molecule has 0 radical (unpaired) electrons. The summed E-state index contributed by atoms with van der Waals surface area (Å²) < 4.78 is 27.1. The Labute approximate surface area is 48.9 Å². The van der Waals surface area contributed by atoms with Crippen LogP contribution >= 0.6 is 0 Å². The van der Waals surface area contributed by atoms with E-state index in [1.165, 1.54) is 0 Å². The maximum absolute atomic E-state index is 9.63. The molecule has 2 N–H and O–H groups in total. The lowest BCUT2D eigenvalue weighted by Gasteiger charge is -1.85. The van der Waals surface area contributed by atoms with E-state index in [4.69, 9.17) is 9.66 Å². The summed E-state index contributed by atoms with van der Waals surface area (Å²) in [6.45, 7) is -0.529. The smallest absolute Gasteiger partial charge is 0.267 e. The minimum atomic E-state index is -3.92. The molecule has 4 nitrogen and oxygen atoms in total. The molecule has 0 bridgehead atoms. The Morgan fingerprint density at radius 3 is 1.75 bits per heavy atom. The van der Waals surface area contributed by atoms with Crippen molar-refractivity contribution in [1.82, 2.24) is 0 Å². The van der Waals surface area contributed by atoms with Crippen LogP contribution in [0.3, 0.4) is 0 Å². The molecule has 0 atom stereocenters. The van der Waals surface area contributed by atoms with Crippen LogP contribution in [0.1, 0.15) is 7.43 Å². The highest BCUT2D eigenvalue weighted by Crippen LogP contribution is 1.75. The molecule has 8 heavy (non-hydrogen) atoms. The quantitative estimate of drug-likeness (QED) is 0.510. The molecular weight excluding hydrogens is 132 g/mol. The molecule has 0 amide bonds. The number of rotatable bonds is 2. The molecule has 5 heteroatoms. The number of aliphatic hydroxyl groups excluding tert-OH is 1. The molecule has 0 rings (SSSR count). The van der Waals surface area contributed by atoms with Gasteiger partial charge in [0, 0.05) is 0 Å². The van der Waals surface area contributed by atoms with Crippen LogP contribution in [0.2, 0.25) is 0 Å².